The first kappa shape index (κ1) is 27.9. The van der Waals surface area contributed by atoms with Gasteiger partial charge in [0.25, 0.3) is 5.91 Å². The van der Waals surface area contributed by atoms with Crippen LogP contribution in [0.15, 0.2) is 12.3 Å². The first-order chi connectivity index (χ1) is 17.3. The molecule has 1 saturated heterocycles. The molecule has 0 bridgehead atoms. The number of carbonyl (C=O) groups is 3. The molecule has 3 rings (SSSR count). The van der Waals surface area contributed by atoms with Crippen molar-refractivity contribution in [3.8, 4) is 11.5 Å². The maximum atomic E-state index is 13.1. The van der Waals surface area contributed by atoms with E-state index in [4.69, 9.17) is 18.9 Å². The molecule has 1 saturated carbocycles. The van der Waals surface area contributed by atoms with Crippen molar-refractivity contribution in [2.45, 2.75) is 96.8 Å². The van der Waals surface area contributed by atoms with Gasteiger partial charge in [-0.1, -0.05) is 39.0 Å². The lowest BCUT2D eigenvalue weighted by molar-refractivity contribution is -0.161. The second-order valence-corrected chi connectivity index (χ2v) is 9.87. The lowest BCUT2D eigenvalue weighted by atomic mass is 9.83. The molecule has 0 spiro atoms. The van der Waals surface area contributed by atoms with Crippen LogP contribution in [0.1, 0.15) is 89.0 Å². The molecule has 4 atom stereocenters. The predicted molar refractivity (Wildman–Crippen MR) is 133 cm³/mol. The number of rotatable bonds is 9. The predicted octanol–water partition coefficient (Wildman–Crippen LogP) is 4.22. The Hall–Kier alpha value is -2.68. The monoisotopic (exact) mass is 504 g/mol. The number of methoxy groups -OCH3 is 1. The SMILES string of the molecule is CCCO[C@@H]1[C@@H](CC2CCCC2)CCC[C@H](NC(=O)c2nccc(OC)c2OC(C)=O)C(=O)O[C@H]1C. The van der Waals surface area contributed by atoms with Gasteiger partial charge in [-0.3, -0.25) is 9.59 Å². The smallest absolute Gasteiger partial charge is 0.329 e. The van der Waals surface area contributed by atoms with Crippen molar-refractivity contribution in [1.82, 2.24) is 10.3 Å². The minimum absolute atomic E-state index is 0.0838. The van der Waals surface area contributed by atoms with Gasteiger partial charge >= 0.3 is 11.9 Å². The molecule has 9 nitrogen and oxygen atoms in total. The molecule has 1 aromatic heterocycles. The molecule has 0 radical (unpaired) electrons. The maximum Gasteiger partial charge on any atom is 0.329 e. The minimum Gasteiger partial charge on any atom is -0.493 e. The summed E-state index contributed by atoms with van der Waals surface area (Å²) in [5.74, 6) is -0.647. The van der Waals surface area contributed by atoms with Gasteiger partial charge in [-0.25, -0.2) is 9.78 Å². The third-order valence-corrected chi connectivity index (χ3v) is 7.06. The van der Waals surface area contributed by atoms with Gasteiger partial charge < -0.3 is 24.3 Å². The molecule has 1 aromatic rings. The average Bonchev–Trinajstić information content (AvgIpc) is 3.36. The van der Waals surface area contributed by atoms with E-state index < -0.39 is 30.0 Å². The Morgan fingerprint density at radius 2 is 1.92 bits per heavy atom. The van der Waals surface area contributed by atoms with Crippen LogP contribution in [0.5, 0.6) is 11.5 Å². The Bertz CT molecular complexity index is 900. The lowest BCUT2D eigenvalue weighted by Gasteiger charge is -2.32. The van der Waals surface area contributed by atoms with Crippen LogP contribution in [-0.2, 0) is 19.1 Å². The van der Waals surface area contributed by atoms with Crippen molar-refractivity contribution in [3.63, 3.8) is 0 Å². The third kappa shape index (κ3) is 7.41. The summed E-state index contributed by atoms with van der Waals surface area (Å²) in [7, 11) is 1.40. The second kappa shape index (κ2) is 13.6. The topological polar surface area (TPSA) is 113 Å². The molecule has 0 aromatic carbocycles. The number of cyclic esters (lactones) is 1. The molecule has 1 aliphatic carbocycles. The van der Waals surface area contributed by atoms with E-state index in [1.165, 1.54) is 52.0 Å². The van der Waals surface area contributed by atoms with Gasteiger partial charge in [0.05, 0.1) is 13.2 Å². The van der Waals surface area contributed by atoms with Crippen LogP contribution < -0.4 is 14.8 Å². The number of pyridine rings is 1. The molecule has 9 heteroatoms. The zero-order chi connectivity index (χ0) is 26.1. The van der Waals surface area contributed by atoms with Crippen LogP contribution in [0.3, 0.4) is 0 Å². The van der Waals surface area contributed by atoms with E-state index in [0.717, 1.165) is 25.7 Å². The summed E-state index contributed by atoms with van der Waals surface area (Å²) in [5, 5.41) is 2.75. The van der Waals surface area contributed by atoms with Gasteiger partial charge in [0.2, 0.25) is 5.75 Å². The number of hydrogen-bond donors (Lipinski definition) is 1. The van der Waals surface area contributed by atoms with Crippen molar-refractivity contribution in [3.05, 3.63) is 18.0 Å². The molecule has 2 fully saturated rings. The van der Waals surface area contributed by atoms with Crippen molar-refractivity contribution in [2.24, 2.45) is 11.8 Å². The number of nitrogens with one attached hydrogen (secondary N) is 1. The van der Waals surface area contributed by atoms with E-state index in [2.05, 4.69) is 17.2 Å². The highest BCUT2D eigenvalue weighted by molar-refractivity contribution is 5.98. The zero-order valence-electron chi connectivity index (χ0n) is 21.9. The summed E-state index contributed by atoms with van der Waals surface area (Å²) >= 11 is 0. The number of aromatic nitrogens is 1. The highest BCUT2D eigenvalue weighted by atomic mass is 16.6. The van der Waals surface area contributed by atoms with E-state index >= 15 is 0 Å². The average molecular weight is 505 g/mol. The van der Waals surface area contributed by atoms with Crippen molar-refractivity contribution < 1.29 is 33.3 Å². The Labute approximate surface area is 213 Å². The fourth-order valence-corrected chi connectivity index (χ4v) is 5.39. The summed E-state index contributed by atoms with van der Waals surface area (Å²) < 4.78 is 22.5. The fraction of sp³-hybridized carbons (Fsp3) is 0.704. The van der Waals surface area contributed by atoms with Gasteiger partial charge in [0.1, 0.15) is 12.1 Å². The summed E-state index contributed by atoms with van der Waals surface area (Å²) in [4.78, 5) is 41.9. The normalized spacial score (nSPS) is 25.3. The molecule has 36 heavy (non-hydrogen) atoms. The van der Waals surface area contributed by atoms with E-state index in [1.807, 2.05) is 6.92 Å². The van der Waals surface area contributed by atoms with Crippen molar-refractivity contribution in [2.75, 3.05) is 13.7 Å². The van der Waals surface area contributed by atoms with E-state index in [0.29, 0.717) is 24.9 Å². The Morgan fingerprint density at radius 1 is 1.17 bits per heavy atom. The Morgan fingerprint density at radius 3 is 2.58 bits per heavy atom. The second-order valence-electron chi connectivity index (χ2n) is 9.87. The van der Waals surface area contributed by atoms with E-state index in [1.54, 1.807) is 0 Å². The summed E-state index contributed by atoms with van der Waals surface area (Å²) in [6.45, 7) is 5.80. The van der Waals surface area contributed by atoms with Gasteiger partial charge in [-0.05, 0) is 44.4 Å². The van der Waals surface area contributed by atoms with Crippen LogP contribution in [-0.4, -0.2) is 54.8 Å². The van der Waals surface area contributed by atoms with Crippen molar-refractivity contribution >= 4 is 17.8 Å². The molecule has 2 aliphatic rings. The molecule has 1 aliphatic heterocycles. The molecular formula is C27H40N2O7. The van der Waals surface area contributed by atoms with Crippen LogP contribution in [0.2, 0.25) is 0 Å². The van der Waals surface area contributed by atoms with Crippen LogP contribution in [0.4, 0.5) is 0 Å². The fourth-order valence-electron chi connectivity index (χ4n) is 5.39. The number of esters is 2. The Kier molecular flexibility index (Phi) is 10.5. The number of amides is 1. The van der Waals surface area contributed by atoms with Gasteiger partial charge in [-0.2, -0.15) is 0 Å². The zero-order valence-corrected chi connectivity index (χ0v) is 21.9. The van der Waals surface area contributed by atoms with Crippen LogP contribution in [0, 0.1) is 11.8 Å². The maximum absolute atomic E-state index is 13.1. The van der Waals surface area contributed by atoms with Crippen LogP contribution in [0.25, 0.3) is 0 Å². The quantitative estimate of drug-likeness (QED) is 0.498. The summed E-state index contributed by atoms with van der Waals surface area (Å²) in [6.07, 6.45) is 9.90. The number of hydrogen-bond acceptors (Lipinski definition) is 8. The van der Waals surface area contributed by atoms with Gasteiger partial charge in [0, 0.05) is 25.8 Å². The van der Waals surface area contributed by atoms with E-state index in [-0.39, 0.29) is 23.3 Å². The molecular weight excluding hydrogens is 464 g/mol. The highest BCUT2D eigenvalue weighted by Gasteiger charge is 2.36. The molecule has 200 valence electrons. The van der Waals surface area contributed by atoms with Gasteiger partial charge in [0.15, 0.2) is 11.4 Å². The minimum atomic E-state index is -0.852. The first-order valence-corrected chi connectivity index (χ1v) is 13.2. The standard InChI is InChI=1S/C27H40N2O7/c1-5-15-34-24-17(2)35-27(32)21(12-8-11-20(24)16-19-9-6-7-10-19)29-26(31)23-25(36-18(3)30)22(33-4)13-14-28-23/h13-14,17,19-21,24H,5-12,15-16H2,1-4H3,(H,29,31)/t17-,20+,21-,24-/m0/s1. The number of carbonyl (C=O) groups excluding carboxylic acids is 3. The van der Waals surface area contributed by atoms with Crippen LogP contribution >= 0.6 is 0 Å². The lowest BCUT2D eigenvalue weighted by Crippen LogP contribution is -2.44. The summed E-state index contributed by atoms with van der Waals surface area (Å²) in [6, 6.07) is 0.640. The molecule has 2 heterocycles. The van der Waals surface area contributed by atoms with Gasteiger partial charge in [-0.15, -0.1) is 0 Å². The summed E-state index contributed by atoms with van der Waals surface area (Å²) in [5.41, 5.74) is -0.131. The van der Waals surface area contributed by atoms with E-state index in [9.17, 15) is 14.4 Å². The number of nitrogens with zero attached hydrogens (tertiary/aromatic N) is 1. The third-order valence-electron chi connectivity index (χ3n) is 7.06. The Balaban J connectivity index is 1.76. The highest BCUT2D eigenvalue weighted by Crippen LogP contribution is 2.36. The molecule has 1 amide bonds. The molecule has 0 unspecified atom stereocenters. The largest absolute Gasteiger partial charge is 0.493 e. The first-order valence-electron chi connectivity index (χ1n) is 13.2. The molecule has 1 N–H and O–H groups in total. The number of ether oxygens (including phenoxy) is 4. The van der Waals surface area contributed by atoms with Crippen molar-refractivity contribution in [1.29, 1.82) is 0 Å².